The second-order valence-electron chi connectivity index (χ2n) is 5.96. The molecule has 1 N–H and O–H groups in total. The molecule has 0 atom stereocenters. The second-order valence-corrected chi connectivity index (χ2v) is 6.87. The number of nitrogens with zero attached hydrogens (tertiary/aromatic N) is 2. The van der Waals surface area contributed by atoms with Crippen molar-refractivity contribution in [3.63, 3.8) is 0 Å². The van der Waals surface area contributed by atoms with E-state index in [9.17, 15) is 0 Å². The first-order chi connectivity index (χ1) is 9.83. The van der Waals surface area contributed by atoms with Crippen LogP contribution >= 0.6 is 15.9 Å². The first kappa shape index (κ1) is 15.9. The van der Waals surface area contributed by atoms with Crippen LogP contribution in [-0.2, 0) is 6.54 Å². The molecule has 0 radical (unpaired) electrons. The van der Waals surface area contributed by atoms with Gasteiger partial charge in [-0.25, -0.2) is 4.98 Å². The van der Waals surface area contributed by atoms with E-state index in [4.69, 9.17) is 4.74 Å². The first-order valence-corrected chi connectivity index (χ1v) is 7.63. The van der Waals surface area contributed by atoms with Gasteiger partial charge in [0.25, 0.3) is 0 Å². The number of hydrogen-bond donors (Lipinski definition) is 1. The second kappa shape index (κ2) is 6.54. The Balaban J connectivity index is 2.20. The van der Waals surface area contributed by atoms with Crippen molar-refractivity contribution in [1.82, 2.24) is 15.3 Å². The highest BCUT2D eigenvalue weighted by atomic mass is 79.9. The van der Waals surface area contributed by atoms with Crippen LogP contribution in [0.5, 0.6) is 11.6 Å². The predicted octanol–water partition coefficient (Wildman–Crippen LogP) is 4.23. The highest BCUT2D eigenvalue weighted by Crippen LogP contribution is 2.25. The van der Waals surface area contributed by atoms with Crippen LogP contribution in [0.4, 0.5) is 0 Å². The van der Waals surface area contributed by atoms with E-state index in [2.05, 4.69) is 52.0 Å². The number of pyridine rings is 2. The van der Waals surface area contributed by atoms with Crippen molar-refractivity contribution in [2.45, 2.75) is 39.8 Å². The molecule has 2 rings (SSSR count). The minimum atomic E-state index is 0.0327. The molecule has 4 nitrogen and oxygen atoms in total. The van der Waals surface area contributed by atoms with Crippen molar-refractivity contribution in [3.05, 3.63) is 46.3 Å². The Bertz CT molecular complexity index is 606. The molecule has 2 aromatic heterocycles. The Morgan fingerprint density at radius 2 is 1.95 bits per heavy atom. The van der Waals surface area contributed by atoms with Crippen LogP contribution in [0.1, 0.15) is 32.0 Å². The van der Waals surface area contributed by atoms with E-state index in [0.717, 1.165) is 15.7 Å². The number of rotatable bonds is 4. The lowest BCUT2D eigenvalue weighted by atomic mass is 10.1. The van der Waals surface area contributed by atoms with Crippen molar-refractivity contribution in [2.24, 2.45) is 0 Å². The molecule has 2 aromatic rings. The third kappa shape index (κ3) is 5.10. The number of ether oxygens (including phenoxy) is 1. The Morgan fingerprint density at radius 1 is 1.19 bits per heavy atom. The standard InChI is InChI=1S/C16H20BrN3O/c1-11-5-6-14(10-18-11)21-15-12(7-13(17)9-19-15)8-20-16(2,3)4/h5-7,9-10,20H,8H2,1-4H3. The Hall–Kier alpha value is -1.46. The van der Waals surface area contributed by atoms with Gasteiger partial charge in [-0.2, -0.15) is 0 Å². The minimum absolute atomic E-state index is 0.0327. The van der Waals surface area contributed by atoms with Crippen molar-refractivity contribution in [2.75, 3.05) is 0 Å². The third-order valence-corrected chi connectivity index (χ3v) is 3.23. The van der Waals surface area contributed by atoms with Crippen LogP contribution in [-0.4, -0.2) is 15.5 Å². The number of nitrogens with one attached hydrogen (secondary N) is 1. The summed E-state index contributed by atoms with van der Waals surface area (Å²) in [6, 6.07) is 5.83. The zero-order valence-corrected chi connectivity index (χ0v) is 14.4. The summed E-state index contributed by atoms with van der Waals surface area (Å²) >= 11 is 3.45. The van der Waals surface area contributed by atoms with E-state index < -0.39 is 0 Å². The quantitative estimate of drug-likeness (QED) is 0.897. The maximum Gasteiger partial charge on any atom is 0.223 e. The molecule has 0 aliphatic rings. The molecule has 0 fully saturated rings. The van der Waals surface area contributed by atoms with Gasteiger partial charge in [0.2, 0.25) is 5.88 Å². The summed E-state index contributed by atoms with van der Waals surface area (Å²) in [4.78, 5) is 8.59. The van der Waals surface area contributed by atoms with Gasteiger partial charge in [-0.05, 0) is 61.8 Å². The van der Waals surface area contributed by atoms with Crippen molar-refractivity contribution in [3.8, 4) is 11.6 Å². The van der Waals surface area contributed by atoms with Crippen molar-refractivity contribution < 1.29 is 4.74 Å². The monoisotopic (exact) mass is 349 g/mol. The molecule has 0 saturated heterocycles. The summed E-state index contributed by atoms with van der Waals surface area (Å²) in [5, 5.41) is 3.44. The van der Waals surface area contributed by atoms with Gasteiger partial charge >= 0.3 is 0 Å². The first-order valence-electron chi connectivity index (χ1n) is 6.83. The molecule has 21 heavy (non-hydrogen) atoms. The van der Waals surface area contributed by atoms with Gasteiger partial charge in [-0.1, -0.05) is 0 Å². The van der Waals surface area contributed by atoms with Crippen molar-refractivity contribution in [1.29, 1.82) is 0 Å². The lowest BCUT2D eigenvalue weighted by molar-refractivity contribution is 0.408. The molecule has 0 aliphatic heterocycles. The lowest BCUT2D eigenvalue weighted by Gasteiger charge is -2.21. The molecule has 0 saturated carbocycles. The Kier molecular flexibility index (Phi) is 4.96. The maximum absolute atomic E-state index is 5.85. The largest absolute Gasteiger partial charge is 0.437 e. The molecule has 5 heteroatoms. The van der Waals surface area contributed by atoms with E-state index in [1.54, 1.807) is 12.4 Å². The highest BCUT2D eigenvalue weighted by Gasteiger charge is 2.13. The fourth-order valence-electron chi connectivity index (χ4n) is 1.67. The van der Waals surface area contributed by atoms with Crippen LogP contribution in [0.25, 0.3) is 0 Å². The van der Waals surface area contributed by atoms with E-state index in [1.165, 1.54) is 0 Å². The van der Waals surface area contributed by atoms with Crippen LogP contribution < -0.4 is 10.1 Å². The molecule has 112 valence electrons. The Labute approximate surface area is 134 Å². The summed E-state index contributed by atoms with van der Waals surface area (Å²) < 4.78 is 6.78. The topological polar surface area (TPSA) is 47.0 Å². The summed E-state index contributed by atoms with van der Waals surface area (Å²) in [5.41, 5.74) is 1.99. The van der Waals surface area contributed by atoms with Crippen LogP contribution in [0.3, 0.4) is 0 Å². The average molecular weight is 350 g/mol. The normalized spacial score (nSPS) is 11.5. The summed E-state index contributed by atoms with van der Waals surface area (Å²) in [7, 11) is 0. The van der Waals surface area contributed by atoms with Gasteiger partial charge in [-0.15, -0.1) is 0 Å². The molecule has 0 aliphatic carbocycles. The summed E-state index contributed by atoms with van der Waals surface area (Å²) in [5.74, 6) is 1.29. The maximum atomic E-state index is 5.85. The van der Waals surface area contributed by atoms with Crippen LogP contribution in [0.2, 0.25) is 0 Å². The van der Waals surface area contributed by atoms with E-state index >= 15 is 0 Å². The van der Waals surface area contributed by atoms with E-state index in [0.29, 0.717) is 18.2 Å². The molecule has 2 heterocycles. The number of hydrogen-bond acceptors (Lipinski definition) is 4. The number of aryl methyl sites for hydroxylation is 1. The fourth-order valence-corrected chi connectivity index (χ4v) is 2.05. The summed E-state index contributed by atoms with van der Waals surface area (Å²) in [6.45, 7) is 9.01. The van der Waals surface area contributed by atoms with E-state index in [1.807, 2.05) is 25.1 Å². The average Bonchev–Trinajstić information content (AvgIpc) is 2.40. The van der Waals surface area contributed by atoms with Gasteiger partial charge in [0.05, 0.1) is 6.20 Å². The van der Waals surface area contributed by atoms with Gasteiger partial charge in [0, 0.05) is 34.0 Å². The number of aromatic nitrogens is 2. The smallest absolute Gasteiger partial charge is 0.223 e. The van der Waals surface area contributed by atoms with Gasteiger partial charge in [0.15, 0.2) is 0 Å². The summed E-state index contributed by atoms with van der Waals surface area (Å²) in [6.07, 6.45) is 3.44. The molecule has 0 bridgehead atoms. The molecular weight excluding hydrogens is 330 g/mol. The van der Waals surface area contributed by atoms with E-state index in [-0.39, 0.29) is 5.54 Å². The molecule has 0 unspecified atom stereocenters. The molecule has 0 spiro atoms. The number of halogens is 1. The lowest BCUT2D eigenvalue weighted by Crippen LogP contribution is -2.35. The third-order valence-electron chi connectivity index (χ3n) is 2.80. The predicted molar refractivity (Wildman–Crippen MR) is 87.6 cm³/mol. The highest BCUT2D eigenvalue weighted by molar-refractivity contribution is 9.10. The van der Waals surface area contributed by atoms with Crippen LogP contribution in [0, 0.1) is 6.92 Å². The Morgan fingerprint density at radius 3 is 2.57 bits per heavy atom. The van der Waals surface area contributed by atoms with Gasteiger partial charge in [-0.3, -0.25) is 4.98 Å². The van der Waals surface area contributed by atoms with Gasteiger partial charge < -0.3 is 10.1 Å². The SMILES string of the molecule is Cc1ccc(Oc2ncc(Br)cc2CNC(C)(C)C)cn1. The minimum Gasteiger partial charge on any atom is -0.437 e. The van der Waals surface area contributed by atoms with Gasteiger partial charge in [0.1, 0.15) is 5.75 Å². The molecule has 0 amide bonds. The molecular formula is C16H20BrN3O. The van der Waals surface area contributed by atoms with Crippen LogP contribution in [0.15, 0.2) is 35.1 Å². The molecule has 0 aromatic carbocycles. The zero-order chi connectivity index (χ0) is 15.5. The zero-order valence-electron chi connectivity index (χ0n) is 12.8. The van der Waals surface area contributed by atoms with Crippen molar-refractivity contribution >= 4 is 15.9 Å². The fraction of sp³-hybridized carbons (Fsp3) is 0.375.